The average molecular weight is 209 g/mol. The summed E-state index contributed by atoms with van der Waals surface area (Å²) in [4.78, 5) is 10.5. The Labute approximate surface area is 87.9 Å². The number of nitrogens with two attached hydrogens (primary N) is 1. The third-order valence-electron chi connectivity index (χ3n) is 2.85. The van der Waals surface area contributed by atoms with Crippen molar-refractivity contribution in [3.63, 3.8) is 0 Å². The maximum absolute atomic E-state index is 10.5. The van der Waals surface area contributed by atoms with Crippen molar-refractivity contribution < 1.29 is 9.90 Å². The summed E-state index contributed by atoms with van der Waals surface area (Å²) in [6.07, 6.45) is 4.91. The van der Waals surface area contributed by atoms with Gasteiger partial charge in [-0.15, -0.1) is 0 Å². The molecule has 0 fully saturated rings. The van der Waals surface area contributed by atoms with E-state index in [9.17, 15) is 4.79 Å². The lowest BCUT2D eigenvalue weighted by Gasteiger charge is -2.19. The van der Waals surface area contributed by atoms with Gasteiger partial charge in [0.2, 0.25) is 0 Å². The summed E-state index contributed by atoms with van der Waals surface area (Å²) in [7, 11) is 0. The van der Waals surface area contributed by atoms with Crippen LogP contribution >= 0.6 is 0 Å². The Balaban J connectivity index is 2.16. The molecule has 1 aromatic rings. The van der Waals surface area contributed by atoms with Crippen LogP contribution < -0.4 is 5.73 Å². The quantitative estimate of drug-likeness (QED) is 0.767. The van der Waals surface area contributed by atoms with E-state index in [0.717, 1.165) is 30.5 Å². The Morgan fingerprint density at radius 3 is 3.27 bits per heavy atom. The number of rotatable bonds is 3. The van der Waals surface area contributed by atoms with Gasteiger partial charge in [0.15, 0.2) is 0 Å². The van der Waals surface area contributed by atoms with E-state index in [0.29, 0.717) is 6.54 Å². The van der Waals surface area contributed by atoms with E-state index in [1.165, 1.54) is 0 Å². The highest BCUT2D eigenvalue weighted by molar-refractivity contribution is 5.66. The van der Waals surface area contributed by atoms with Crippen LogP contribution in [-0.2, 0) is 17.8 Å². The zero-order valence-corrected chi connectivity index (χ0v) is 8.52. The molecule has 3 N–H and O–H groups in total. The van der Waals surface area contributed by atoms with Gasteiger partial charge in [-0.25, -0.2) is 0 Å². The van der Waals surface area contributed by atoms with Crippen molar-refractivity contribution in [2.75, 3.05) is 0 Å². The van der Waals surface area contributed by atoms with Crippen LogP contribution in [0.15, 0.2) is 6.20 Å². The first kappa shape index (κ1) is 10.2. The molecule has 2 rings (SSSR count). The summed E-state index contributed by atoms with van der Waals surface area (Å²) in [5.74, 6) is -0.792. The van der Waals surface area contributed by atoms with Gasteiger partial charge < -0.3 is 10.8 Å². The molecule has 1 heterocycles. The number of nitrogens with zero attached hydrogens (tertiary/aromatic N) is 2. The second-order valence-corrected chi connectivity index (χ2v) is 3.91. The van der Waals surface area contributed by atoms with Gasteiger partial charge >= 0.3 is 5.97 Å². The Morgan fingerprint density at radius 1 is 1.73 bits per heavy atom. The monoisotopic (exact) mass is 209 g/mol. The van der Waals surface area contributed by atoms with Gasteiger partial charge in [-0.05, 0) is 19.3 Å². The maximum Gasteiger partial charge on any atom is 0.305 e. The average Bonchev–Trinajstić information content (AvgIpc) is 2.59. The molecule has 0 spiro atoms. The van der Waals surface area contributed by atoms with Crippen molar-refractivity contribution in [1.29, 1.82) is 0 Å². The van der Waals surface area contributed by atoms with Gasteiger partial charge in [0.1, 0.15) is 0 Å². The van der Waals surface area contributed by atoms with E-state index in [-0.39, 0.29) is 12.5 Å². The molecule has 0 aliphatic heterocycles. The second-order valence-electron chi connectivity index (χ2n) is 3.91. The first-order valence-corrected chi connectivity index (χ1v) is 5.20. The number of carboxylic acids is 1. The molecular weight excluding hydrogens is 194 g/mol. The lowest BCUT2D eigenvalue weighted by atomic mass is 9.94. The van der Waals surface area contributed by atoms with E-state index in [1.54, 1.807) is 10.9 Å². The summed E-state index contributed by atoms with van der Waals surface area (Å²) in [6, 6.07) is 0.0762. The molecule has 0 unspecified atom stereocenters. The molecule has 1 aliphatic rings. The molecule has 1 aromatic heterocycles. The number of carbonyl (C=O) groups is 1. The molecule has 0 bridgehead atoms. The normalized spacial score (nSPS) is 19.9. The molecule has 0 saturated carbocycles. The predicted octanol–water partition coefficient (Wildman–Crippen LogP) is 0.694. The van der Waals surface area contributed by atoms with Crippen molar-refractivity contribution in [3.8, 4) is 0 Å². The van der Waals surface area contributed by atoms with E-state index >= 15 is 0 Å². The van der Waals surface area contributed by atoms with Crippen LogP contribution in [0.5, 0.6) is 0 Å². The van der Waals surface area contributed by atoms with Crippen molar-refractivity contribution in [3.05, 3.63) is 17.5 Å². The highest BCUT2D eigenvalue weighted by atomic mass is 16.4. The van der Waals surface area contributed by atoms with Crippen molar-refractivity contribution >= 4 is 5.97 Å². The minimum atomic E-state index is -0.792. The molecule has 1 atom stereocenters. The lowest BCUT2D eigenvalue weighted by Crippen LogP contribution is -2.19. The van der Waals surface area contributed by atoms with Gasteiger partial charge in [0.05, 0.1) is 19.2 Å². The molecule has 82 valence electrons. The summed E-state index contributed by atoms with van der Waals surface area (Å²) in [5, 5.41) is 12.8. The third kappa shape index (κ3) is 2.02. The van der Waals surface area contributed by atoms with Crippen LogP contribution in [0.3, 0.4) is 0 Å². The molecule has 0 aromatic carbocycles. The van der Waals surface area contributed by atoms with Crippen LogP contribution in [0, 0.1) is 0 Å². The number of fused-ring (bicyclic) bond motifs is 1. The SMILES string of the molecule is N[C@@H]1CCCc2c1cnn2CCC(=O)O. The third-order valence-corrected chi connectivity index (χ3v) is 2.85. The lowest BCUT2D eigenvalue weighted by molar-refractivity contribution is -0.137. The molecule has 1 aliphatic carbocycles. The number of aliphatic carboxylic acids is 1. The molecule has 5 nitrogen and oxygen atoms in total. The van der Waals surface area contributed by atoms with Crippen LogP contribution in [-0.4, -0.2) is 20.9 Å². The molecule has 5 heteroatoms. The topological polar surface area (TPSA) is 81.1 Å². The van der Waals surface area contributed by atoms with E-state index < -0.39 is 5.97 Å². The summed E-state index contributed by atoms with van der Waals surface area (Å²) < 4.78 is 1.78. The second kappa shape index (κ2) is 4.02. The highest BCUT2D eigenvalue weighted by Gasteiger charge is 2.21. The molecule has 15 heavy (non-hydrogen) atoms. The van der Waals surface area contributed by atoms with Crippen LogP contribution in [0.25, 0.3) is 0 Å². The minimum Gasteiger partial charge on any atom is -0.481 e. The fraction of sp³-hybridized carbons (Fsp3) is 0.600. The highest BCUT2D eigenvalue weighted by Crippen LogP contribution is 2.27. The molecule has 0 amide bonds. The largest absolute Gasteiger partial charge is 0.481 e. The standard InChI is InChI=1S/C10H15N3O2/c11-8-2-1-3-9-7(8)6-12-13(9)5-4-10(14)15/h6,8H,1-5,11H2,(H,14,15)/t8-/m1/s1. The number of aryl methyl sites for hydroxylation is 1. The smallest absolute Gasteiger partial charge is 0.305 e. The van der Waals surface area contributed by atoms with E-state index in [1.807, 2.05) is 0 Å². The van der Waals surface area contributed by atoms with Crippen molar-refractivity contribution in [2.24, 2.45) is 5.73 Å². The number of hydrogen-bond donors (Lipinski definition) is 2. The Morgan fingerprint density at radius 2 is 2.53 bits per heavy atom. The molecule has 0 radical (unpaired) electrons. The summed E-state index contributed by atoms with van der Waals surface area (Å²) in [6.45, 7) is 0.442. The Bertz CT molecular complexity index is 373. The minimum absolute atomic E-state index is 0.0762. The van der Waals surface area contributed by atoms with Crippen molar-refractivity contribution in [2.45, 2.75) is 38.3 Å². The van der Waals surface area contributed by atoms with Gasteiger partial charge in [-0.1, -0.05) is 0 Å². The zero-order chi connectivity index (χ0) is 10.8. The van der Waals surface area contributed by atoms with Gasteiger partial charge in [-0.3, -0.25) is 9.48 Å². The van der Waals surface area contributed by atoms with Crippen LogP contribution in [0.4, 0.5) is 0 Å². The fourth-order valence-electron chi connectivity index (χ4n) is 2.05. The fourth-order valence-corrected chi connectivity index (χ4v) is 2.05. The van der Waals surface area contributed by atoms with Crippen LogP contribution in [0.1, 0.15) is 36.6 Å². The number of hydrogen-bond acceptors (Lipinski definition) is 3. The number of aromatic nitrogens is 2. The van der Waals surface area contributed by atoms with Gasteiger partial charge in [0, 0.05) is 17.3 Å². The maximum atomic E-state index is 10.5. The van der Waals surface area contributed by atoms with Gasteiger partial charge in [0.25, 0.3) is 0 Å². The molecular formula is C10H15N3O2. The summed E-state index contributed by atoms with van der Waals surface area (Å²) in [5.41, 5.74) is 8.16. The number of carboxylic acid groups (broad SMARTS) is 1. The van der Waals surface area contributed by atoms with Crippen molar-refractivity contribution in [1.82, 2.24) is 9.78 Å². The summed E-state index contributed by atoms with van der Waals surface area (Å²) >= 11 is 0. The molecule has 0 saturated heterocycles. The first-order chi connectivity index (χ1) is 7.18. The Kier molecular flexibility index (Phi) is 2.73. The zero-order valence-electron chi connectivity index (χ0n) is 8.52. The Hall–Kier alpha value is -1.36. The van der Waals surface area contributed by atoms with E-state index in [2.05, 4.69) is 5.10 Å². The predicted molar refractivity (Wildman–Crippen MR) is 54.3 cm³/mol. The van der Waals surface area contributed by atoms with Crippen LogP contribution in [0.2, 0.25) is 0 Å². The van der Waals surface area contributed by atoms with Gasteiger partial charge in [-0.2, -0.15) is 5.10 Å². The first-order valence-electron chi connectivity index (χ1n) is 5.20. The van der Waals surface area contributed by atoms with E-state index in [4.69, 9.17) is 10.8 Å².